The zero-order valence-electron chi connectivity index (χ0n) is 11.8. The zero-order valence-corrected chi connectivity index (χ0v) is 13.4. The molecule has 1 aromatic rings. The fraction of sp³-hybridized carbons (Fsp3) is 0.643. The van der Waals surface area contributed by atoms with Crippen molar-refractivity contribution < 1.29 is 8.42 Å². The quantitative estimate of drug-likeness (QED) is 0.896. The molecule has 0 spiro atoms. The molecule has 0 bridgehead atoms. The van der Waals surface area contributed by atoms with E-state index < -0.39 is 9.84 Å². The standard InChI is InChI=1S/C14H20ClN3O2S/c15-12-8-16-4-3-11(12)7-17-13-9-21(19,20)10-14(13)18-5-1-2-6-18/h3-4,8,13-14,17H,1-2,5-7,9-10H2/t13-,14-/m1/s1. The molecule has 116 valence electrons. The van der Waals surface area contributed by atoms with Crippen molar-refractivity contribution >= 4 is 21.4 Å². The van der Waals surface area contributed by atoms with Gasteiger partial charge in [0.1, 0.15) is 0 Å². The monoisotopic (exact) mass is 329 g/mol. The number of rotatable bonds is 4. The first kappa shape index (κ1) is 15.2. The lowest BCUT2D eigenvalue weighted by molar-refractivity contribution is 0.226. The number of halogens is 1. The fourth-order valence-corrected chi connectivity index (χ4v) is 5.42. The van der Waals surface area contributed by atoms with E-state index in [9.17, 15) is 8.42 Å². The van der Waals surface area contributed by atoms with Gasteiger partial charge in [0, 0.05) is 31.0 Å². The lowest BCUT2D eigenvalue weighted by atomic mass is 10.1. The van der Waals surface area contributed by atoms with E-state index in [1.54, 1.807) is 12.4 Å². The van der Waals surface area contributed by atoms with Crippen LogP contribution in [0.15, 0.2) is 18.5 Å². The van der Waals surface area contributed by atoms with E-state index in [2.05, 4.69) is 15.2 Å². The minimum atomic E-state index is -2.95. The maximum Gasteiger partial charge on any atom is 0.153 e. The topological polar surface area (TPSA) is 62.3 Å². The van der Waals surface area contributed by atoms with Crippen LogP contribution in [0.3, 0.4) is 0 Å². The van der Waals surface area contributed by atoms with Gasteiger partial charge in [-0.1, -0.05) is 11.6 Å². The Morgan fingerprint density at radius 1 is 1.33 bits per heavy atom. The number of pyridine rings is 1. The van der Waals surface area contributed by atoms with Gasteiger partial charge in [0.15, 0.2) is 9.84 Å². The predicted molar refractivity (Wildman–Crippen MR) is 83.1 cm³/mol. The van der Waals surface area contributed by atoms with Gasteiger partial charge in [-0.25, -0.2) is 8.42 Å². The minimum absolute atomic E-state index is 0.0164. The van der Waals surface area contributed by atoms with Gasteiger partial charge in [-0.05, 0) is 37.6 Å². The number of nitrogens with zero attached hydrogens (tertiary/aromatic N) is 2. The summed E-state index contributed by atoms with van der Waals surface area (Å²) in [7, 11) is -2.95. The third-order valence-corrected chi connectivity index (χ3v) is 6.40. The van der Waals surface area contributed by atoms with Crippen molar-refractivity contribution in [1.82, 2.24) is 15.2 Å². The Labute approximate surface area is 130 Å². The Bertz CT molecular complexity index is 602. The third-order valence-electron chi connectivity index (χ3n) is 4.34. The summed E-state index contributed by atoms with van der Waals surface area (Å²) in [5, 5.41) is 4.00. The number of likely N-dealkylation sites (tertiary alicyclic amines) is 1. The number of hydrogen-bond acceptors (Lipinski definition) is 5. The van der Waals surface area contributed by atoms with E-state index in [0.717, 1.165) is 18.7 Å². The second kappa shape index (κ2) is 6.20. The Morgan fingerprint density at radius 3 is 2.81 bits per heavy atom. The van der Waals surface area contributed by atoms with Gasteiger partial charge in [-0.3, -0.25) is 9.88 Å². The molecule has 0 aromatic carbocycles. The van der Waals surface area contributed by atoms with Crippen LogP contribution >= 0.6 is 11.6 Å². The molecule has 0 saturated carbocycles. The minimum Gasteiger partial charge on any atom is -0.307 e. The number of aromatic nitrogens is 1. The average Bonchev–Trinajstić information content (AvgIpc) is 3.05. The molecular formula is C14H20ClN3O2S. The molecule has 2 fully saturated rings. The maximum atomic E-state index is 12.0. The molecule has 2 aliphatic heterocycles. The van der Waals surface area contributed by atoms with Crippen molar-refractivity contribution in [2.24, 2.45) is 0 Å². The SMILES string of the molecule is O=S1(=O)C[C@@H](N2CCCC2)[C@H](NCc2ccncc2Cl)C1. The molecule has 0 amide bonds. The lowest BCUT2D eigenvalue weighted by Gasteiger charge is -2.28. The van der Waals surface area contributed by atoms with Crippen molar-refractivity contribution in [3.05, 3.63) is 29.0 Å². The van der Waals surface area contributed by atoms with Gasteiger partial charge < -0.3 is 5.32 Å². The highest BCUT2D eigenvalue weighted by molar-refractivity contribution is 7.91. The van der Waals surface area contributed by atoms with Crippen LogP contribution in [0.4, 0.5) is 0 Å². The van der Waals surface area contributed by atoms with Gasteiger partial charge in [-0.15, -0.1) is 0 Å². The summed E-state index contributed by atoms with van der Waals surface area (Å²) in [6, 6.07) is 1.94. The van der Waals surface area contributed by atoms with E-state index in [0.29, 0.717) is 11.6 Å². The first-order chi connectivity index (χ1) is 10.1. The van der Waals surface area contributed by atoms with Crippen LogP contribution in [0.1, 0.15) is 18.4 Å². The molecule has 0 unspecified atom stereocenters. The van der Waals surface area contributed by atoms with E-state index in [1.165, 1.54) is 12.8 Å². The highest BCUT2D eigenvalue weighted by atomic mass is 35.5. The van der Waals surface area contributed by atoms with Gasteiger partial charge in [-0.2, -0.15) is 0 Å². The van der Waals surface area contributed by atoms with Gasteiger partial charge in [0.2, 0.25) is 0 Å². The van der Waals surface area contributed by atoms with Crippen molar-refractivity contribution in [2.75, 3.05) is 24.6 Å². The van der Waals surface area contributed by atoms with Crippen LogP contribution in [-0.4, -0.2) is 55.0 Å². The Morgan fingerprint density at radius 2 is 2.10 bits per heavy atom. The lowest BCUT2D eigenvalue weighted by Crippen LogP contribution is -2.48. The first-order valence-corrected chi connectivity index (χ1v) is 9.51. The summed E-state index contributed by atoms with van der Waals surface area (Å²) in [6.45, 7) is 2.59. The number of sulfone groups is 1. The molecule has 0 radical (unpaired) electrons. The molecule has 2 atom stereocenters. The molecule has 1 aromatic heterocycles. The molecule has 1 N–H and O–H groups in total. The normalized spacial score (nSPS) is 29.0. The van der Waals surface area contributed by atoms with Crippen LogP contribution in [0, 0.1) is 0 Å². The first-order valence-electron chi connectivity index (χ1n) is 7.31. The van der Waals surface area contributed by atoms with Gasteiger partial charge in [0.05, 0.1) is 16.5 Å². The van der Waals surface area contributed by atoms with Crippen molar-refractivity contribution in [1.29, 1.82) is 0 Å². The van der Waals surface area contributed by atoms with Crippen LogP contribution in [0.5, 0.6) is 0 Å². The average molecular weight is 330 g/mol. The van der Waals surface area contributed by atoms with E-state index in [4.69, 9.17) is 11.6 Å². The Kier molecular flexibility index (Phi) is 4.49. The van der Waals surface area contributed by atoms with E-state index in [1.807, 2.05) is 6.07 Å². The molecule has 2 aliphatic rings. The molecule has 0 aliphatic carbocycles. The Balaban J connectivity index is 1.69. The molecule has 5 nitrogen and oxygen atoms in total. The molecule has 7 heteroatoms. The van der Waals surface area contributed by atoms with Crippen LogP contribution in [0.2, 0.25) is 5.02 Å². The van der Waals surface area contributed by atoms with Gasteiger partial charge >= 0.3 is 0 Å². The van der Waals surface area contributed by atoms with Crippen LogP contribution in [-0.2, 0) is 16.4 Å². The summed E-state index contributed by atoms with van der Waals surface area (Å²) >= 11 is 6.10. The third kappa shape index (κ3) is 3.56. The van der Waals surface area contributed by atoms with Crippen molar-refractivity contribution in [3.63, 3.8) is 0 Å². The smallest absolute Gasteiger partial charge is 0.153 e. The van der Waals surface area contributed by atoms with Crippen molar-refractivity contribution in [3.8, 4) is 0 Å². The summed E-state index contributed by atoms with van der Waals surface area (Å²) in [5.74, 6) is 0.492. The maximum absolute atomic E-state index is 12.0. The number of nitrogens with one attached hydrogen (secondary N) is 1. The summed E-state index contributed by atoms with van der Waals surface area (Å²) < 4.78 is 24.0. The van der Waals surface area contributed by atoms with Gasteiger partial charge in [0.25, 0.3) is 0 Å². The van der Waals surface area contributed by atoms with Crippen molar-refractivity contribution in [2.45, 2.75) is 31.5 Å². The highest BCUT2D eigenvalue weighted by Crippen LogP contribution is 2.23. The molecule has 21 heavy (non-hydrogen) atoms. The molecule has 3 heterocycles. The second-order valence-corrected chi connectivity index (χ2v) is 8.40. The second-order valence-electron chi connectivity index (χ2n) is 5.84. The summed E-state index contributed by atoms with van der Waals surface area (Å²) in [6.07, 6.45) is 5.65. The Hall–Kier alpha value is -0.690. The molecular weight excluding hydrogens is 310 g/mol. The molecule has 2 saturated heterocycles. The zero-order chi connectivity index (χ0) is 14.9. The van der Waals surface area contributed by atoms with E-state index >= 15 is 0 Å². The predicted octanol–water partition coefficient (Wildman–Crippen LogP) is 1.09. The van der Waals surface area contributed by atoms with E-state index in [-0.39, 0.29) is 23.6 Å². The highest BCUT2D eigenvalue weighted by Gasteiger charge is 2.41. The fourth-order valence-electron chi connectivity index (χ4n) is 3.25. The largest absolute Gasteiger partial charge is 0.307 e. The summed E-state index contributed by atoms with van der Waals surface area (Å²) in [5.41, 5.74) is 0.955. The number of hydrogen-bond donors (Lipinski definition) is 1. The van der Waals surface area contributed by atoms with Crippen LogP contribution in [0.25, 0.3) is 0 Å². The summed E-state index contributed by atoms with van der Waals surface area (Å²) in [4.78, 5) is 6.28. The van der Waals surface area contributed by atoms with Crippen LogP contribution < -0.4 is 5.32 Å². The molecule has 3 rings (SSSR count).